The summed E-state index contributed by atoms with van der Waals surface area (Å²) in [5.74, 6) is -0.301. The summed E-state index contributed by atoms with van der Waals surface area (Å²) in [4.78, 5) is 11.4. The Hall–Kier alpha value is -1.35. The van der Waals surface area contributed by atoms with Gasteiger partial charge in [-0.1, -0.05) is 37.6 Å². The van der Waals surface area contributed by atoms with Gasteiger partial charge in [-0.05, 0) is 24.5 Å². The minimum absolute atomic E-state index is 0.301. The molecular weight excluding hydrogens is 216 g/mol. The monoisotopic (exact) mass is 234 g/mol. The van der Waals surface area contributed by atoms with E-state index in [1.807, 2.05) is 19.1 Å². The van der Waals surface area contributed by atoms with Crippen LogP contribution in [0, 0.1) is 0 Å². The number of carbonyl (C=O) groups excluding carboxylic acids is 1. The summed E-state index contributed by atoms with van der Waals surface area (Å²) in [7, 11) is 1.38. The van der Waals surface area contributed by atoms with E-state index in [2.05, 4.69) is 23.8 Å². The van der Waals surface area contributed by atoms with Crippen molar-refractivity contribution in [3.05, 3.63) is 35.4 Å². The van der Waals surface area contributed by atoms with Crippen LogP contribution in [-0.2, 0) is 26.3 Å². The van der Waals surface area contributed by atoms with Gasteiger partial charge >= 0.3 is 5.97 Å². The topological polar surface area (TPSA) is 38.8 Å². The average molecular weight is 234 g/mol. The van der Waals surface area contributed by atoms with Crippen LogP contribution in [0.4, 0.5) is 0 Å². The number of methoxy groups -OCH3 is 1. The Morgan fingerprint density at radius 2 is 2.06 bits per heavy atom. The Labute approximate surface area is 102 Å². The molecule has 0 spiro atoms. The molecule has 2 rings (SSSR count). The molecule has 0 N–H and O–H groups in total. The fourth-order valence-electron chi connectivity index (χ4n) is 2.10. The summed E-state index contributed by atoms with van der Waals surface area (Å²) >= 11 is 0. The van der Waals surface area contributed by atoms with Crippen molar-refractivity contribution in [3.63, 3.8) is 0 Å². The number of hydrogen-bond donors (Lipinski definition) is 0. The maximum atomic E-state index is 11.4. The van der Waals surface area contributed by atoms with Crippen molar-refractivity contribution in [2.75, 3.05) is 7.11 Å². The summed E-state index contributed by atoms with van der Waals surface area (Å²) in [5, 5.41) is 0. The second-order valence-corrected chi connectivity index (χ2v) is 4.58. The van der Waals surface area contributed by atoms with E-state index < -0.39 is 11.7 Å². The van der Waals surface area contributed by atoms with Crippen molar-refractivity contribution in [2.45, 2.75) is 38.4 Å². The Balaban J connectivity index is 2.11. The summed E-state index contributed by atoms with van der Waals surface area (Å²) < 4.78 is 10.2. The van der Waals surface area contributed by atoms with Crippen LogP contribution in [-0.4, -0.2) is 19.2 Å². The van der Waals surface area contributed by atoms with Crippen LogP contribution in [0.15, 0.2) is 24.3 Å². The third-order valence-electron chi connectivity index (χ3n) is 3.29. The highest BCUT2D eigenvalue weighted by Gasteiger charge is 2.59. The van der Waals surface area contributed by atoms with E-state index in [-0.39, 0.29) is 5.97 Å². The highest BCUT2D eigenvalue weighted by molar-refractivity contribution is 5.79. The molecule has 3 nitrogen and oxygen atoms in total. The molecule has 0 aliphatic carbocycles. The van der Waals surface area contributed by atoms with Crippen molar-refractivity contribution in [3.8, 4) is 0 Å². The van der Waals surface area contributed by atoms with Crippen LogP contribution >= 0.6 is 0 Å². The Bertz CT molecular complexity index is 410. The fourth-order valence-corrected chi connectivity index (χ4v) is 2.10. The van der Waals surface area contributed by atoms with Gasteiger partial charge in [-0.3, -0.25) is 0 Å². The van der Waals surface area contributed by atoms with Gasteiger partial charge in [-0.15, -0.1) is 0 Å². The minimum Gasteiger partial charge on any atom is -0.467 e. The number of carbonyl (C=O) groups is 1. The second-order valence-electron chi connectivity index (χ2n) is 4.58. The molecule has 1 heterocycles. The van der Waals surface area contributed by atoms with Gasteiger partial charge in [0.2, 0.25) is 0 Å². The van der Waals surface area contributed by atoms with E-state index in [1.165, 1.54) is 12.7 Å². The number of aryl methyl sites for hydroxylation is 1. The van der Waals surface area contributed by atoms with Crippen molar-refractivity contribution in [2.24, 2.45) is 0 Å². The average Bonchev–Trinajstić information content (AvgIpc) is 3.03. The van der Waals surface area contributed by atoms with Crippen LogP contribution in [0.3, 0.4) is 0 Å². The number of esters is 1. The summed E-state index contributed by atoms with van der Waals surface area (Å²) in [6.45, 7) is 4.08. The minimum atomic E-state index is -0.502. The van der Waals surface area contributed by atoms with Gasteiger partial charge in [0.05, 0.1) is 7.11 Å². The number of hydrogen-bond acceptors (Lipinski definition) is 3. The van der Waals surface area contributed by atoms with E-state index >= 15 is 0 Å². The molecule has 92 valence electrons. The molecule has 1 saturated heterocycles. The zero-order chi connectivity index (χ0) is 12.5. The van der Waals surface area contributed by atoms with Crippen molar-refractivity contribution < 1.29 is 14.3 Å². The summed E-state index contributed by atoms with van der Waals surface area (Å²) in [6, 6.07) is 8.27. The number of benzene rings is 1. The first-order valence-corrected chi connectivity index (χ1v) is 5.97. The predicted molar refractivity (Wildman–Crippen MR) is 64.7 cm³/mol. The van der Waals surface area contributed by atoms with Gasteiger partial charge in [0.1, 0.15) is 5.60 Å². The van der Waals surface area contributed by atoms with Gasteiger partial charge in [0, 0.05) is 0 Å². The fraction of sp³-hybridized carbons (Fsp3) is 0.500. The molecule has 17 heavy (non-hydrogen) atoms. The van der Waals surface area contributed by atoms with Gasteiger partial charge in [0.25, 0.3) is 0 Å². The zero-order valence-corrected chi connectivity index (χ0v) is 10.5. The number of epoxide rings is 1. The van der Waals surface area contributed by atoms with E-state index in [4.69, 9.17) is 4.74 Å². The van der Waals surface area contributed by atoms with E-state index in [0.717, 1.165) is 18.4 Å². The molecule has 0 bridgehead atoms. The molecule has 1 fully saturated rings. The summed E-state index contributed by atoms with van der Waals surface area (Å²) in [6.07, 6.45) is 1.76. The van der Waals surface area contributed by atoms with Crippen LogP contribution < -0.4 is 0 Å². The van der Waals surface area contributed by atoms with Crippen molar-refractivity contribution >= 4 is 5.97 Å². The van der Waals surface area contributed by atoms with Gasteiger partial charge in [0.15, 0.2) is 6.10 Å². The maximum absolute atomic E-state index is 11.4. The van der Waals surface area contributed by atoms with Crippen molar-refractivity contribution in [1.29, 1.82) is 0 Å². The number of rotatable bonds is 4. The molecular formula is C14H18O3. The standard InChI is InChI=1S/C14H18O3/c1-4-5-10-6-8-11(9-7-10)14(2)12(17-14)13(15)16-3/h6-9,12H,4-5H2,1-3H3. The molecule has 0 amide bonds. The number of ether oxygens (including phenoxy) is 2. The molecule has 1 aromatic carbocycles. The molecule has 2 atom stereocenters. The Morgan fingerprint density at radius 1 is 1.41 bits per heavy atom. The smallest absolute Gasteiger partial charge is 0.338 e. The molecule has 2 unspecified atom stereocenters. The van der Waals surface area contributed by atoms with Crippen LogP contribution in [0.2, 0.25) is 0 Å². The lowest BCUT2D eigenvalue weighted by molar-refractivity contribution is -0.142. The highest BCUT2D eigenvalue weighted by atomic mass is 16.6. The third-order valence-corrected chi connectivity index (χ3v) is 3.29. The van der Waals surface area contributed by atoms with E-state index in [1.54, 1.807) is 0 Å². The Morgan fingerprint density at radius 3 is 2.59 bits per heavy atom. The van der Waals surface area contributed by atoms with E-state index in [0.29, 0.717) is 0 Å². The maximum Gasteiger partial charge on any atom is 0.338 e. The SMILES string of the molecule is CCCc1ccc(C2(C)OC2C(=O)OC)cc1. The first-order chi connectivity index (χ1) is 8.11. The van der Waals surface area contributed by atoms with Crippen molar-refractivity contribution in [1.82, 2.24) is 0 Å². The highest BCUT2D eigenvalue weighted by Crippen LogP contribution is 2.46. The normalized spacial score (nSPS) is 26.6. The van der Waals surface area contributed by atoms with Gasteiger partial charge in [-0.2, -0.15) is 0 Å². The quantitative estimate of drug-likeness (QED) is 0.593. The molecule has 0 saturated carbocycles. The lowest BCUT2D eigenvalue weighted by atomic mass is 9.95. The van der Waals surface area contributed by atoms with Gasteiger partial charge < -0.3 is 9.47 Å². The predicted octanol–water partition coefficient (Wildman–Crippen LogP) is 2.43. The van der Waals surface area contributed by atoms with Crippen LogP contribution in [0.5, 0.6) is 0 Å². The first-order valence-electron chi connectivity index (χ1n) is 5.97. The first kappa shape index (κ1) is 12.1. The molecule has 1 aromatic rings. The Kier molecular flexibility index (Phi) is 3.20. The molecule has 0 aromatic heterocycles. The second kappa shape index (κ2) is 4.49. The molecule has 1 aliphatic heterocycles. The third kappa shape index (κ3) is 2.20. The molecule has 1 aliphatic rings. The summed E-state index contributed by atoms with van der Waals surface area (Å²) in [5.41, 5.74) is 1.85. The lowest BCUT2D eigenvalue weighted by Gasteiger charge is -2.07. The zero-order valence-electron chi connectivity index (χ0n) is 10.5. The van der Waals surface area contributed by atoms with Gasteiger partial charge in [-0.25, -0.2) is 4.79 Å². The lowest BCUT2D eigenvalue weighted by Crippen LogP contribution is -2.17. The largest absolute Gasteiger partial charge is 0.467 e. The molecule has 0 radical (unpaired) electrons. The molecule has 3 heteroatoms. The van der Waals surface area contributed by atoms with E-state index in [9.17, 15) is 4.79 Å². The van der Waals surface area contributed by atoms with Crippen LogP contribution in [0.25, 0.3) is 0 Å². The van der Waals surface area contributed by atoms with Crippen LogP contribution in [0.1, 0.15) is 31.4 Å².